The smallest absolute Gasteiger partial charge is 0.231 e. The van der Waals surface area contributed by atoms with Crippen molar-refractivity contribution >= 4 is 5.91 Å². The lowest BCUT2D eigenvalue weighted by Crippen LogP contribution is -2.50. The summed E-state index contributed by atoms with van der Waals surface area (Å²) in [6.45, 7) is 1.96. The van der Waals surface area contributed by atoms with Gasteiger partial charge in [0.05, 0.1) is 38.4 Å². The highest BCUT2D eigenvalue weighted by Crippen LogP contribution is 2.49. The molecule has 2 aliphatic heterocycles. The molecular weight excluding hydrogens is 334 g/mol. The number of nitrogens with zero attached hydrogens (tertiary/aromatic N) is 1. The van der Waals surface area contributed by atoms with Crippen LogP contribution < -0.4 is 9.47 Å². The second-order valence-electron chi connectivity index (χ2n) is 7.69. The van der Waals surface area contributed by atoms with Crippen molar-refractivity contribution in [1.82, 2.24) is 4.90 Å². The number of ether oxygens (including phenoxy) is 3. The number of fused-ring (bicyclic) bond motifs is 2. The molecule has 1 aromatic carbocycles. The molecule has 0 unspecified atom stereocenters. The Hall–Kier alpha value is -1.79. The first-order valence-electron chi connectivity index (χ1n) is 9.37. The van der Waals surface area contributed by atoms with E-state index in [4.69, 9.17) is 14.2 Å². The van der Waals surface area contributed by atoms with E-state index in [1.165, 1.54) is 5.56 Å². The van der Waals surface area contributed by atoms with Crippen LogP contribution in [0.5, 0.6) is 11.5 Å². The second kappa shape index (κ2) is 6.43. The number of rotatable bonds is 4. The molecule has 1 spiro atoms. The summed E-state index contributed by atoms with van der Waals surface area (Å²) in [6, 6.07) is 4.10. The van der Waals surface area contributed by atoms with Gasteiger partial charge in [-0.2, -0.15) is 0 Å². The SMILES string of the molecule is COc1cc2c(cc1OC)C1(CCN(C(=O)C3(CO)CC3)CC1)OCC2. The summed E-state index contributed by atoms with van der Waals surface area (Å²) in [5.41, 5.74) is 1.55. The van der Waals surface area contributed by atoms with E-state index in [-0.39, 0.29) is 18.1 Å². The minimum absolute atomic E-state index is 0.0379. The molecule has 1 saturated carbocycles. The largest absolute Gasteiger partial charge is 0.493 e. The van der Waals surface area contributed by atoms with E-state index in [1.54, 1.807) is 14.2 Å². The Balaban J connectivity index is 1.57. The third-order valence-corrected chi connectivity index (χ3v) is 6.32. The lowest BCUT2D eigenvalue weighted by atomic mass is 9.79. The summed E-state index contributed by atoms with van der Waals surface area (Å²) >= 11 is 0. The highest BCUT2D eigenvalue weighted by Gasteiger charge is 2.52. The topological polar surface area (TPSA) is 68.2 Å². The molecular formula is C20H27NO5. The van der Waals surface area contributed by atoms with Crippen molar-refractivity contribution in [1.29, 1.82) is 0 Å². The third-order valence-electron chi connectivity index (χ3n) is 6.32. The van der Waals surface area contributed by atoms with Crippen LogP contribution in [0.4, 0.5) is 0 Å². The zero-order chi connectivity index (χ0) is 18.4. The molecule has 26 heavy (non-hydrogen) atoms. The molecule has 6 heteroatoms. The van der Waals surface area contributed by atoms with Crippen LogP contribution in [0.25, 0.3) is 0 Å². The van der Waals surface area contributed by atoms with E-state index in [0.717, 1.165) is 43.4 Å². The lowest BCUT2D eigenvalue weighted by molar-refractivity contribution is -0.147. The number of hydrogen-bond acceptors (Lipinski definition) is 5. The number of carbonyl (C=O) groups excluding carboxylic acids is 1. The number of aliphatic hydroxyl groups is 1. The fourth-order valence-electron chi connectivity index (χ4n) is 4.40. The molecule has 0 bridgehead atoms. The summed E-state index contributed by atoms with van der Waals surface area (Å²) < 4.78 is 17.2. The average Bonchev–Trinajstić information content (AvgIpc) is 3.49. The van der Waals surface area contributed by atoms with Crippen LogP contribution in [-0.4, -0.2) is 56.4 Å². The summed E-state index contributed by atoms with van der Waals surface area (Å²) in [5.74, 6) is 1.57. The highest BCUT2D eigenvalue weighted by atomic mass is 16.5. The van der Waals surface area contributed by atoms with Gasteiger partial charge in [-0.3, -0.25) is 4.79 Å². The molecule has 1 N–H and O–H groups in total. The predicted octanol–water partition coefficient (Wildman–Crippen LogP) is 1.87. The van der Waals surface area contributed by atoms with Gasteiger partial charge >= 0.3 is 0 Å². The van der Waals surface area contributed by atoms with Crippen molar-refractivity contribution in [2.45, 2.75) is 37.7 Å². The van der Waals surface area contributed by atoms with Crippen molar-refractivity contribution in [3.05, 3.63) is 23.3 Å². The van der Waals surface area contributed by atoms with E-state index in [1.807, 2.05) is 11.0 Å². The Kier molecular flexibility index (Phi) is 4.35. The Morgan fingerprint density at radius 2 is 1.81 bits per heavy atom. The summed E-state index contributed by atoms with van der Waals surface area (Å²) in [6.07, 6.45) is 4.00. The molecule has 6 nitrogen and oxygen atoms in total. The minimum Gasteiger partial charge on any atom is -0.493 e. The Morgan fingerprint density at radius 1 is 1.15 bits per heavy atom. The van der Waals surface area contributed by atoms with Crippen LogP contribution in [0.15, 0.2) is 12.1 Å². The normalized spacial score (nSPS) is 22.7. The Bertz CT molecular complexity index is 704. The van der Waals surface area contributed by atoms with Crippen LogP contribution in [0, 0.1) is 5.41 Å². The van der Waals surface area contributed by atoms with Crippen LogP contribution in [0.2, 0.25) is 0 Å². The lowest BCUT2D eigenvalue weighted by Gasteiger charge is -2.45. The predicted molar refractivity (Wildman–Crippen MR) is 95.4 cm³/mol. The fourth-order valence-corrected chi connectivity index (χ4v) is 4.40. The maximum absolute atomic E-state index is 12.7. The van der Waals surface area contributed by atoms with Crippen LogP contribution in [0.3, 0.4) is 0 Å². The number of carbonyl (C=O) groups is 1. The zero-order valence-electron chi connectivity index (χ0n) is 15.5. The van der Waals surface area contributed by atoms with Crippen molar-refractivity contribution in [2.75, 3.05) is 40.5 Å². The monoisotopic (exact) mass is 361 g/mol. The number of methoxy groups -OCH3 is 2. The number of amides is 1. The van der Waals surface area contributed by atoms with Gasteiger partial charge in [0.25, 0.3) is 0 Å². The van der Waals surface area contributed by atoms with Gasteiger partial charge in [-0.05, 0) is 55.4 Å². The van der Waals surface area contributed by atoms with E-state index < -0.39 is 5.41 Å². The van der Waals surface area contributed by atoms with Crippen molar-refractivity contribution < 1.29 is 24.1 Å². The van der Waals surface area contributed by atoms with E-state index >= 15 is 0 Å². The second-order valence-corrected chi connectivity index (χ2v) is 7.69. The molecule has 4 rings (SSSR count). The molecule has 1 saturated heterocycles. The molecule has 1 aliphatic carbocycles. The number of likely N-dealkylation sites (tertiary alicyclic amines) is 1. The first kappa shape index (κ1) is 17.6. The van der Waals surface area contributed by atoms with Crippen molar-refractivity contribution in [3.63, 3.8) is 0 Å². The van der Waals surface area contributed by atoms with Gasteiger partial charge in [0.15, 0.2) is 11.5 Å². The molecule has 0 aromatic heterocycles. The summed E-state index contributed by atoms with van der Waals surface area (Å²) in [5, 5.41) is 9.54. The minimum atomic E-state index is -0.494. The quantitative estimate of drug-likeness (QED) is 0.887. The first-order valence-corrected chi connectivity index (χ1v) is 9.37. The van der Waals surface area contributed by atoms with Crippen molar-refractivity contribution in [2.24, 2.45) is 5.41 Å². The van der Waals surface area contributed by atoms with Crippen LogP contribution in [-0.2, 0) is 21.6 Å². The fraction of sp³-hybridized carbons (Fsp3) is 0.650. The van der Waals surface area contributed by atoms with E-state index in [9.17, 15) is 9.90 Å². The van der Waals surface area contributed by atoms with Crippen LogP contribution in [0.1, 0.15) is 36.8 Å². The molecule has 2 fully saturated rings. The van der Waals surface area contributed by atoms with Crippen LogP contribution >= 0.6 is 0 Å². The number of benzene rings is 1. The number of aliphatic hydroxyl groups excluding tert-OH is 1. The van der Waals surface area contributed by atoms with E-state index in [0.29, 0.717) is 25.4 Å². The Labute approximate surface area is 154 Å². The van der Waals surface area contributed by atoms with Gasteiger partial charge < -0.3 is 24.2 Å². The standard InChI is InChI=1S/C20H27NO5/c1-24-16-11-14-3-10-26-20(15(14)12-17(16)25-2)6-8-21(9-7-20)18(23)19(13-22)4-5-19/h11-12,22H,3-10,13H2,1-2H3. The molecule has 0 radical (unpaired) electrons. The van der Waals surface area contributed by atoms with Gasteiger partial charge in [0, 0.05) is 13.1 Å². The average molecular weight is 361 g/mol. The van der Waals surface area contributed by atoms with Gasteiger partial charge in [-0.15, -0.1) is 0 Å². The molecule has 1 amide bonds. The number of hydrogen-bond donors (Lipinski definition) is 1. The van der Waals surface area contributed by atoms with Crippen molar-refractivity contribution in [3.8, 4) is 11.5 Å². The van der Waals surface area contributed by atoms with Gasteiger partial charge in [-0.25, -0.2) is 0 Å². The maximum atomic E-state index is 12.7. The first-order chi connectivity index (χ1) is 12.6. The molecule has 3 aliphatic rings. The van der Waals surface area contributed by atoms with Gasteiger partial charge in [0.1, 0.15) is 0 Å². The zero-order valence-corrected chi connectivity index (χ0v) is 15.5. The molecule has 142 valence electrons. The molecule has 1 aromatic rings. The summed E-state index contributed by atoms with van der Waals surface area (Å²) in [4.78, 5) is 14.6. The number of piperidine rings is 1. The molecule has 0 atom stereocenters. The summed E-state index contributed by atoms with van der Waals surface area (Å²) in [7, 11) is 3.30. The Morgan fingerprint density at radius 3 is 2.38 bits per heavy atom. The maximum Gasteiger partial charge on any atom is 0.231 e. The van der Waals surface area contributed by atoms with Gasteiger partial charge in [-0.1, -0.05) is 0 Å². The molecule has 2 heterocycles. The van der Waals surface area contributed by atoms with Gasteiger partial charge in [0.2, 0.25) is 5.91 Å². The third kappa shape index (κ3) is 2.67. The highest BCUT2D eigenvalue weighted by molar-refractivity contribution is 5.85. The van der Waals surface area contributed by atoms with E-state index in [2.05, 4.69) is 6.07 Å².